The van der Waals surface area contributed by atoms with Gasteiger partial charge >= 0.3 is 0 Å². The van der Waals surface area contributed by atoms with Crippen LogP contribution in [-0.2, 0) is 4.79 Å². The van der Waals surface area contributed by atoms with E-state index < -0.39 is 18.1 Å². The first-order valence-electron chi connectivity index (χ1n) is 8.21. The van der Waals surface area contributed by atoms with Crippen molar-refractivity contribution in [3.05, 3.63) is 42.0 Å². The van der Waals surface area contributed by atoms with Crippen molar-refractivity contribution in [2.75, 3.05) is 19.3 Å². The van der Waals surface area contributed by atoms with Crippen LogP contribution < -0.4 is 5.32 Å². The highest BCUT2D eigenvalue weighted by Crippen LogP contribution is 2.25. The molecule has 1 aliphatic heterocycles. The van der Waals surface area contributed by atoms with Gasteiger partial charge in [-0.1, -0.05) is 18.2 Å². The summed E-state index contributed by atoms with van der Waals surface area (Å²) >= 11 is 1.58. The summed E-state index contributed by atoms with van der Waals surface area (Å²) in [5, 5.41) is 13.4. The lowest BCUT2D eigenvalue weighted by Crippen LogP contribution is -2.42. The molecule has 0 aromatic heterocycles. The number of hydrogen-bond acceptors (Lipinski definition) is 4. The standard InChI is InChI=1S/C19H18FN3O2S/c1-26-15-6-5-12-3-2-4-16(17(12)8-15)19(25)22-10-18(24)23-11-13(20)7-14(23)9-21/h2-6,8,13-14H,7,10-11H2,1H3,(H,22,25)/t13?,14-/m0/s1. The fourth-order valence-electron chi connectivity index (χ4n) is 3.11. The summed E-state index contributed by atoms with van der Waals surface area (Å²) in [5.41, 5.74) is 0.479. The molecule has 1 heterocycles. The number of nitriles is 1. The number of halogens is 1. The highest BCUT2D eigenvalue weighted by Gasteiger charge is 2.35. The SMILES string of the molecule is CSc1ccc2cccc(C(=O)NCC(=O)N3CC(F)C[C@H]3C#N)c2c1. The summed E-state index contributed by atoms with van der Waals surface area (Å²) < 4.78 is 13.4. The zero-order chi connectivity index (χ0) is 18.7. The van der Waals surface area contributed by atoms with E-state index in [4.69, 9.17) is 5.26 Å². The third kappa shape index (κ3) is 3.65. The third-order valence-corrected chi connectivity index (χ3v) is 5.18. The summed E-state index contributed by atoms with van der Waals surface area (Å²) in [5.74, 6) is -0.818. The maximum absolute atomic E-state index is 13.4. The Kier molecular flexibility index (Phi) is 5.43. The Labute approximate surface area is 155 Å². The molecule has 0 spiro atoms. The van der Waals surface area contributed by atoms with E-state index in [-0.39, 0.29) is 25.4 Å². The largest absolute Gasteiger partial charge is 0.343 e. The van der Waals surface area contributed by atoms with E-state index in [1.807, 2.05) is 36.6 Å². The number of carbonyl (C=O) groups excluding carboxylic acids is 2. The molecular formula is C19H18FN3O2S. The van der Waals surface area contributed by atoms with Gasteiger partial charge < -0.3 is 10.2 Å². The average molecular weight is 371 g/mol. The van der Waals surface area contributed by atoms with Crippen LogP contribution in [0.4, 0.5) is 4.39 Å². The summed E-state index contributed by atoms with van der Waals surface area (Å²) in [7, 11) is 0. The number of alkyl halides is 1. The predicted molar refractivity (Wildman–Crippen MR) is 98.7 cm³/mol. The highest BCUT2D eigenvalue weighted by atomic mass is 32.2. The quantitative estimate of drug-likeness (QED) is 0.839. The van der Waals surface area contributed by atoms with E-state index in [1.54, 1.807) is 23.9 Å². The Morgan fingerprint density at radius 3 is 2.92 bits per heavy atom. The van der Waals surface area contributed by atoms with Gasteiger partial charge in [0.15, 0.2) is 0 Å². The molecule has 0 aliphatic carbocycles. The average Bonchev–Trinajstić information content (AvgIpc) is 3.05. The number of nitrogens with zero attached hydrogens (tertiary/aromatic N) is 2. The molecule has 2 aromatic carbocycles. The number of benzene rings is 2. The normalized spacial score (nSPS) is 19.3. The van der Waals surface area contributed by atoms with Crippen molar-refractivity contribution >= 4 is 34.3 Å². The van der Waals surface area contributed by atoms with Gasteiger partial charge in [0.2, 0.25) is 5.91 Å². The second-order valence-corrected chi connectivity index (χ2v) is 6.98. The monoisotopic (exact) mass is 371 g/mol. The summed E-state index contributed by atoms with van der Waals surface area (Å²) in [6.45, 7) is -0.360. The Hall–Kier alpha value is -2.59. The van der Waals surface area contributed by atoms with Gasteiger partial charge in [0.25, 0.3) is 5.91 Å². The summed E-state index contributed by atoms with van der Waals surface area (Å²) in [6, 6.07) is 12.5. The molecule has 26 heavy (non-hydrogen) atoms. The van der Waals surface area contributed by atoms with Gasteiger partial charge in [-0.15, -0.1) is 11.8 Å². The first-order chi connectivity index (χ1) is 12.5. The van der Waals surface area contributed by atoms with Gasteiger partial charge in [-0.3, -0.25) is 9.59 Å². The summed E-state index contributed by atoms with van der Waals surface area (Å²) in [6.07, 6.45) is 0.793. The van der Waals surface area contributed by atoms with Crippen molar-refractivity contribution in [1.29, 1.82) is 5.26 Å². The number of nitrogens with one attached hydrogen (secondary N) is 1. The van der Waals surface area contributed by atoms with Crippen LogP contribution in [0.5, 0.6) is 0 Å². The van der Waals surface area contributed by atoms with Gasteiger partial charge in [0.05, 0.1) is 19.2 Å². The molecule has 134 valence electrons. The second kappa shape index (κ2) is 7.75. The minimum absolute atomic E-state index is 0.0248. The maximum Gasteiger partial charge on any atom is 0.252 e. The molecule has 0 bridgehead atoms. The number of likely N-dealkylation sites (tertiary alicyclic amines) is 1. The van der Waals surface area contributed by atoms with Crippen molar-refractivity contribution in [3.63, 3.8) is 0 Å². The van der Waals surface area contributed by atoms with Crippen LogP contribution in [0.15, 0.2) is 41.3 Å². The van der Waals surface area contributed by atoms with E-state index >= 15 is 0 Å². The lowest BCUT2D eigenvalue weighted by atomic mass is 10.0. The number of thioether (sulfide) groups is 1. The lowest BCUT2D eigenvalue weighted by Gasteiger charge is -2.19. The van der Waals surface area contributed by atoms with Crippen LogP contribution >= 0.6 is 11.8 Å². The number of hydrogen-bond donors (Lipinski definition) is 1. The second-order valence-electron chi connectivity index (χ2n) is 6.10. The number of carbonyl (C=O) groups is 2. The number of fused-ring (bicyclic) bond motifs is 1. The lowest BCUT2D eigenvalue weighted by molar-refractivity contribution is -0.130. The molecule has 1 fully saturated rings. The molecule has 1 unspecified atom stereocenters. The van der Waals surface area contributed by atoms with Crippen LogP contribution in [-0.4, -0.2) is 48.3 Å². The fraction of sp³-hybridized carbons (Fsp3) is 0.316. The van der Waals surface area contributed by atoms with Crippen LogP contribution in [0.25, 0.3) is 10.8 Å². The first kappa shape index (κ1) is 18.2. The van der Waals surface area contributed by atoms with Gasteiger partial charge in [0, 0.05) is 16.9 Å². The maximum atomic E-state index is 13.4. The van der Waals surface area contributed by atoms with E-state index in [9.17, 15) is 14.0 Å². The molecule has 2 amide bonds. The van der Waals surface area contributed by atoms with E-state index in [0.29, 0.717) is 5.56 Å². The molecule has 2 atom stereocenters. The van der Waals surface area contributed by atoms with Crippen molar-refractivity contribution < 1.29 is 14.0 Å². The number of rotatable bonds is 4. The molecular weight excluding hydrogens is 353 g/mol. The van der Waals surface area contributed by atoms with E-state index in [0.717, 1.165) is 15.7 Å². The van der Waals surface area contributed by atoms with E-state index in [2.05, 4.69) is 5.32 Å². The topological polar surface area (TPSA) is 73.2 Å². The van der Waals surface area contributed by atoms with Crippen molar-refractivity contribution in [2.24, 2.45) is 0 Å². The Morgan fingerprint density at radius 2 is 2.19 bits per heavy atom. The number of amides is 2. The molecule has 7 heteroatoms. The molecule has 5 nitrogen and oxygen atoms in total. The first-order valence-corrected chi connectivity index (χ1v) is 9.44. The molecule has 1 aliphatic rings. The van der Waals surface area contributed by atoms with Crippen molar-refractivity contribution in [2.45, 2.75) is 23.5 Å². The minimum Gasteiger partial charge on any atom is -0.343 e. The zero-order valence-corrected chi connectivity index (χ0v) is 15.1. The van der Waals surface area contributed by atoms with Crippen molar-refractivity contribution in [3.8, 4) is 6.07 Å². The Bertz CT molecular complexity index is 896. The van der Waals surface area contributed by atoms with E-state index in [1.165, 1.54) is 4.90 Å². The third-order valence-electron chi connectivity index (χ3n) is 4.45. The van der Waals surface area contributed by atoms with Crippen LogP contribution in [0, 0.1) is 11.3 Å². The molecule has 0 saturated carbocycles. The molecule has 1 saturated heterocycles. The van der Waals surface area contributed by atoms with Gasteiger partial charge in [0.1, 0.15) is 12.2 Å². The molecule has 0 radical (unpaired) electrons. The van der Waals surface area contributed by atoms with Crippen LogP contribution in [0.1, 0.15) is 16.8 Å². The Balaban J connectivity index is 1.74. The highest BCUT2D eigenvalue weighted by molar-refractivity contribution is 7.98. The molecule has 2 aromatic rings. The minimum atomic E-state index is -1.19. The van der Waals surface area contributed by atoms with Gasteiger partial charge in [-0.25, -0.2) is 4.39 Å². The Morgan fingerprint density at radius 1 is 1.38 bits per heavy atom. The summed E-state index contributed by atoms with van der Waals surface area (Å²) in [4.78, 5) is 27.0. The fourth-order valence-corrected chi connectivity index (χ4v) is 3.55. The van der Waals surface area contributed by atoms with Gasteiger partial charge in [-0.05, 0) is 35.2 Å². The predicted octanol–water partition coefficient (Wildman–Crippen LogP) is 2.75. The molecule has 1 N–H and O–H groups in total. The smallest absolute Gasteiger partial charge is 0.252 e. The van der Waals surface area contributed by atoms with Crippen LogP contribution in [0.2, 0.25) is 0 Å². The molecule has 3 rings (SSSR count). The van der Waals surface area contributed by atoms with Crippen molar-refractivity contribution in [1.82, 2.24) is 10.2 Å². The van der Waals surface area contributed by atoms with Crippen LogP contribution in [0.3, 0.4) is 0 Å². The van der Waals surface area contributed by atoms with Gasteiger partial charge in [-0.2, -0.15) is 5.26 Å². The zero-order valence-electron chi connectivity index (χ0n) is 14.2.